The fourth-order valence-electron chi connectivity index (χ4n) is 2.91. The predicted molar refractivity (Wildman–Crippen MR) is 102 cm³/mol. The Morgan fingerprint density at radius 1 is 1.21 bits per heavy atom. The van der Waals surface area contributed by atoms with Gasteiger partial charge >= 0.3 is 0 Å². The average molecular weight is 379 g/mol. The average Bonchev–Trinajstić information content (AvgIpc) is 3.43. The third kappa shape index (κ3) is 5.01. The summed E-state index contributed by atoms with van der Waals surface area (Å²) in [5.74, 6) is 0.464. The van der Waals surface area contributed by atoms with Crippen molar-refractivity contribution < 1.29 is 18.7 Å². The quantitative estimate of drug-likeness (QED) is 0.589. The van der Waals surface area contributed by atoms with E-state index in [1.54, 1.807) is 41.3 Å². The first-order valence-electron chi connectivity index (χ1n) is 9.09. The lowest BCUT2D eigenvalue weighted by Gasteiger charge is -2.16. The van der Waals surface area contributed by atoms with E-state index in [0.29, 0.717) is 17.1 Å². The molecule has 2 aromatic rings. The summed E-state index contributed by atoms with van der Waals surface area (Å²) in [6, 6.07) is 12.3. The van der Waals surface area contributed by atoms with E-state index in [-0.39, 0.29) is 24.6 Å². The predicted octanol–water partition coefficient (Wildman–Crippen LogP) is 2.50. The first-order chi connectivity index (χ1) is 13.7. The molecule has 1 saturated heterocycles. The van der Waals surface area contributed by atoms with Crippen LogP contribution in [0, 0.1) is 11.3 Å². The van der Waals surface area contributed by atoms with Crippen molar-refractivity contribution in [1.29, 1.82) is 5.26 Å². The zero-order chi connectivity index (χ0) is 19.8. The molecule has 7 heteroatoms. The number of nitrogens with zero attached hydrogens (tertiary/aromatic N) is 2. The maximum Gasteiger partial charge on any atom is 0.262 e. The van der Waals surface area contributed by atoms with Crippen LogP contribution in [-0.2, 0) is 16.1 Å². The first kappa shape index (κ1) is 19.2. The monoisotopic (exact) mass is 379 g/mol. The minimum absolute atomic E-state index is 0.0616. The molecule has 1 aliphatic heterocycles. The Kier molecular flexibility index (Phi) is 6.47. The van der Waals surface area contributed by atoms with Crippen molar-refractivity contribution in [3.8, 4) is 11.8 Å². The van der Waals surface area contributed by atoms with Gasteiger partial charge in [0, 0.05) is 18.7 Å². The lowest BCUT2D eigenvalue weighted by atomic mass is 10.1. The second-order valence-electron chi connectivity index (χ2n) is 6.35. The number of nitrogens with one attached hydrogen (secondary N) is 1. The van der Waals surface area contributed by atoms with Gasteiger partial charge in [0.25, 0.3) is 11.8 Å². The van der Waals surface area contributed by atoms with Crippen molar-refractivity contribution in [3.05, 3.63) is 59.6 Å². The van der Waals surface area contributed by atoms with Gasteiger partial charge in [0.1, 0.15) is 23.2 Å². The summed E-state index contributed by atoms with van der Waals surface area (Å²) in [6.45, 7) is 1.64. The van der Waals surface area contributed by atoms with Gasteiger partial charge in [0.05, 0.1) is 12.8 Å². The summed E-state index contributed by atoms with van der Waals surface area (Å²) < 4.78 is 10.8. The van der Waals surface area contributed by atoms with Crippen molar-refractivity contribution in [3.63, 3.8) is 0 Å². The van der Waals surface area contributed by atoms with Crippen molar-refractivity contribution in [2.75, 3.05) is 19.7 Å². The van der Waals surface area contributed by atoms with Gasteiger partial charge in [-0.3, -0.25) is 9.59 Å². The first-order valence-corrected chi connectivity index (χ1v) is 9.09. The third-order valence-corrected chi connectivity index (χ3v) is 4.40. The molecule has 0 bridgehead atoms. The van der Waals surface area contributed by atoms with Gasteiger partial charge < -0.3 is 19.4 Å². The topological polar surface area (TPSA) is 95.6 Å². The number of likely N-dealkylation sites (tertiary alicyclic amines) is 1. The molecular weight excluding hydrogens is 358 g/mol. The van der Waals surface area contributed by atoms with Gasteiger partial charge in [-0.05, 0) is 37.1 Å². The molecule has 0 unspecified atom stereocenters. The Bertz CT molecular complexity index is 891. The molecule has 7 nitrogen and oxygen atoms in total. The lowest BCUT2D eigenvalue weighted by Crippen LogP contribution is -2.32. The van der Waals surface area contributed by atoms with Crippen LogP contribution in [0.3, 0.4) is 0 Å². The Hall–Kier alpha value is -3.53. The Labute approximate surface area is 163 Å². The van der Waals surface area contributed by atoms with E-state index in [1.165, 1.54) is 12.3 Å². The van der Waals surface area contributed by atoms with E-state index in [1.807, 2.05) is 6.07 Å². The van der Waals surface area contributed by atoms with Crippen molar-refractivity contribution in [1.82, 2.24) is 10.2 Å². The van der Waals surface area contributed by atoms with Gasteiger partial charge in [0.2, 0.25) is 0 Å². The van der Waals surface area contributed by atoms with Crippen molar-refractivity contribution >= 4 is 17.9 Å². The number of benzene rings is 1. The fourth-order valence-corrected chi connectivity index (χ4v) is 2.91. The Balaban J connectivity index is 1.66. The van der Waals surface area contributed by atoms with Crippen LogP contribution in [0.2, 0.25) is 0 Å². The zero-order valence-corrected chi connectivity index (χ0v) is 15.4. The van der Waals surface area contributed by atoms with E-state index < -0.39 is 5.91 Å². The normalized spacial score (nSPS) is 13.8. The molecule has 0 spiro atoms. The molecule has 144 valence electrons. The summed E-state index contributed by atoms with van der Waals surface area (Å²) in [5, 5.41) is 12.0. The molecule has 2 heterocycles. The molecule has 0 aliphatic carbocycles. The molecule has 0 atom stereocenters. The summed E-state index contributed by atoms with van der Waals surface area (Å²) >= 11 is 0. The summed E-state index contributed by atoms with van der Waals surface area (Å²) in [5.41, 5.74) is 0.495. The number of hydrogen-bond donors (Lipinski definition) is 1. The minimum atomic E-state index is -0.512. The Morgan fingerprint density at radius 3 is 2.71 bits per heavy atom. The molecule has 2 amide bonds. The maximum atomic E-state index is 12.3. The van der Waals surface area contributed by atoms with Gasteiger partial charge in [0.15, 0.2) is 6.61 Å². The van der Waals surface area contributed by atoms with Gasteiger partial charge in [-0.15, -0.1) is 0 Å². The molecule has 1 aromatic carbocycles. The van der Waals surface area contributed by atoms with Crippen LogP contribution < -0.4 is 10.1 Å². The number of rotatable bonds is 7. The third-order valence-electron chi connectivity index (χ3n) is 4.40. The molecule has 1 aliphatic rings. The molecule has 1 aromatic heterocycles. The number of amides is 2. The number of ether oxygens (including phenoxy) is 1. The highest BCUT2D eigenvalue weighted by Crippen LogP contribution is 2.21. The highest BCUT2D eigenvalue weighted by atomic mass is 16.5. The standard InChI is InChI=1S/C21H21N3O4/c22-13-17(21(26)23-14-18-7-5-11-27-18)12-16-6-1-2-8-19(16)28-15-20(25)24-9-3-4-10-24/h1-2,5-8,11-12H,3-4,9-10,14-15H2,(H,23,26)/b17-12+. The number of hydrogen-bond acceptors (Lipinski definition) is 5. The highest BCUT2D eigenvalue weighted by Gasteiger charge is 2.18. The second kappa shape index (κ2) is 9.42. The minimum Gasteiger partial charge on any atom is -0.483 e. The van der Waals surface area contributed by atoms with Gasteiger partial charge in [-0.1, -0.05) is 18.2 Å². The van der Waals surface area contributed by atoms with Crippen LogP contribution >= 0.6 is 0 Å². The molecule has 28 heavy (non-hydrogen) atoms. The fraction of sp³-hybridized carbons (Fsp3) is 0.286. The lowest BCUT2D eigenvalue weighted by molar-refractivity contribution is -0.132. The second-order valence-corrected chi connectivity index (χ2v) is 6.35. The number of nitriles is 1. The Morgan fingerprint density at radius 2 is 2.00 bits per heavy atom. The summed E-state index contributed by atoms with van der Waals surface area (Å²) in [4.78, 5) is 26.2. The SMILES string of the molecule is N#C/C(=C\c1ccccc1OCC(=O)N1CCCC1)C(=O)NCc1ccco1. The van der Waals surface area contributed by atoms with E-state index in [4.69, 9.17) is 9.15 Å². The number of carbonyl (C=O) groups is 2. The van der Waals surface area contributed by atoms with E-state index in [0.717, 1.165) is 25.9 Å². The molecule has 0 saturated carbocycles. The number of para-hydroxylation sites is 1. The van der Waals surface area contributed by atoms with Gasteiger partial charge in [-0.25, -0.2) is 0 Å². The molecule has 3 rings (SSSR count). The molecule has 1 N–H and O–H groups in total. The largest absolute Gasteiger partial charge is 0.483 e. The van der Waals surface area contributed by atoms with E-state index in [9.17, 15) is 14.9 Å². The van der Waals surface area contributed by atoms with Gasteiger partial charge in [-0.2, -0.15) is 5.26 Å². The van der Waals surface area contributed by atoms with Crippen molar-refractivity contribution in [2.45, 2.75) is 19.4 Å². The maximum absolute atomic E-state index is 12.3. The molecule has 0 radical (unpaired) electrons. The highest BCUT2D eigenvalue weighted by molar-refractivity contribution is 6.01. The van der Waals surface area contributed by atoms with Crippen LogP contribution in [0.25, 0.3) is 6.08 Å². The smallest absolute Gasteiger partial charge is 0.262 e. The zero-order valence-electron chi connectivity index (χ0n) is 15.4. The van der Waals surface area contributed by atoms with E-state index >= 15 is 0 Å². The molecular formula is C21H21N3O4. The van der Waals surface area contributed by atoms with Crippen LogP contribution in [0.15, 0.2) is 52.7 Å². The molecule has 1 fully saturated rings. The van der Waals surface area contributed by atoms with Crippen LogP contribution in [0.4, 0.5) is 0 Å². The van der Waals surface area contributed by atoms with E-state index in [2.05, 4.69) is 5.32 Å². The summed E-state index contributed by atoms with van der Waals surface area (Å²) in [6.07, 6.45) is 5.00. The summed E-state index contributed by atoms with van der Waals surface area (Å²) in [7, 11) is 0. The van der Waals surface area contributed by atoms with Crippen LogP contribution in [-0.4, -0.2) is 36.4 Å². The number of furan rings is 1. The van der Waals surface area contributed by atoms with Crippen molar-refractivity contribution in [2.24, 2.45) is 0 Å². The number of carbonyl (C=O) groups excluding carboxylic acids is 2. The van der Waals surface area contributed by atoms with Crippen LogP contribution in [0.1, 0.15) is 24.2 Å². The van der Waals surface area contributed by atoms with Crippen LogP contribution in [0.5, 0.6) is 5.75 Å².